The molecule has 2 aromatic heterocycles. The highest BCUT2D eigenvalue weighted by molar-refractivity contribution is 5.81. The lowest BCUT2D eigenvalue weighted by Crippen LogP contribution is -2.46. The molecule has 0 amide bonds. The predicted molar refractivity (Wildman–Crippen MR) is 133 cm³/mol. The second-order valence-electron chi connectivity index (χ2n) is 9.58. The van der Waals surface area contributed by atoms with Crippen LogP contribution in [0.2, 0.25) is 0 Å². The Kier molecular flexibility index (Phi) is 7.69. The number of aromatic amines is 1. The van der Waals surface area contributed by atoms with Crippen LogP contribution in [-0.4, -0.2) is 57.1 Å². The van der Waals surface area contributed by atoms with Crippen LogP contribution in [0, 0.1) is 12.8 Å². The van der Waals surface area contributed by atoms with Crippen molar-refractivity contribution in [3.8, 4) is 11.4 Å². The molecule has 0 radical (unpaired) electrons. The Bertz CT molecular complexity index is 1240. The summed E-state index contributed by atoms with van der Waals surface area (Å²) in [5, 5.41) is 13.2. The molecule has 9 heteroatoms. The number of pyridine rings is 1. The third-order valence-corrected chi connectivity index (χ3v) is 6.24. The predicted octanol–water partition coefficient (Wildman–Crippen LogP) is 2.53. The molecule has 0 saturated carbocycles. The van der Waals surface area contributed by atoms with Crippen molar-refractivity contribution in [2.24, 2.45) is 5.92 Å². The van der Waals surface area contributed by atoms with Gasteiger partial charge in [-0.05, 0) is 57.9 Å². The SMILES string of the molecule is Cc1cc(-c2nc3cc(CNC(C(=O)OC(C)C)C(C)O)ccc3n2CC2CCOC2)c[nH]c1=O. The number of nitrogens with zero attached hydrogens (tertiary/aromatic N) is 2. The van der Waals surface area contributed by atoms with Crippen LogP contribution in [0.25, 0.3) is 22.4 Å². The van der Waals surface area contributed by atoms with Gasteiger partial charge in [-0.15, -0.1) is 0 Å². The number of hydrogen-bond acceptors (Lipinski definition) is 7. The highest BCUT2D eigenvalue weighted by atomic mass is 16.5. The van der Waals surface area contributed by atoms with Gasteiger partial charge in [0.25, 0.3) is 5.56 Å². The highest BCUT2D eigenvalue weighted by Gasteiger charge is 2.26. The molecule has 35 heavy (non-hydrogen) atoms. The molecule has 1 aliphatic heterocycles. The topological polar surface area (TPSA) is 118 Å². The lowest BCUT2D eigenvalue weighted by atomic mass is 10.1. The van der Waals surface area contributed by atoms with E-state index in [0.29, 0.717) is 18.0 Å². The van der Waals surface area contributed by atoms with Crippen LogP contribution < -0.4 is 10.9 Å². The van der Waals surface area contributed by atoms with Crippen LogP contribution in [-0.2, 0) is 27.4 Å². The summed E-state index contributed by atoms with van der Waals surface area (Å²) >= 11 is 0. The molecule has 3 heterocycles. The molecule has 3 atom stereocenters. The van der Waals surface area contributed by atoms with E-state index in [0.717, 1.165) is 54.2 Å². The van der Waals surface area contributed by atoms with Gasteiger partial charge in [0, 0.05) is 42.9 Å². The Morgan fingerprint density at radius 3 is 2.80 bits per heavy atom. The summed E-state index contributed by atoms with van der Waals surface area (Å²) < 4.78 is 13.0. The number of aromatic nitrogens is 3. The van der Waals surface area contributed by atoms with E-state index in [1.165, 1.54) is 0 Å². The molecular weight excluding hydrogens is 448 g/mol. The number of imidazole rings is 1. The smallest absolute Gasteiger partial charge is 0.326 e. The second-order valence-corrected chi connectivity index (χ2v) is 9.58. The van der Waals surface area contributed by atoms with Crippen LogP contribution in [0.15, 0.2) is 35.3 Å². The minimum Gasteiger partial charge on any atom is -0.462 e. The van der Waals surface area contributed by atoms with Crippen molar-refractivity contribution in [2.75, 3.05) is 13.2 Å². The number of esters is 1. The lowest BCUT2D eigenvalue weighted by molar-refractivity contribution is -0.152. The van der Waals surface area contributed by atoms with Gasteiger partial charge in [-0.1, -0.05) is 6.07 Å². The maximum absolute atomic E-state index is 12.4. The number of hydrogen-bond donors (Lipinski definition) is 3. The number of aliphatic hydroxyl groups is 1. The van der Waals surface area contributed by atoms with E-state index in [1.807, 2.05) is 24.3 Å². The van der Waals surface area contributed by atoms with Crippen molar-refractivity contribution < 1.29 is 19.4 Å². The van der Waals surface area contributed by atoms with Gasteiger partial charge in [-0.2, -0.15) is 0 Å². The fourth-order valence-electron chi connectivity index (χ4n) is 4.39. The van der Waals surface area contributed by atoms with Crippen LogP contribution in [0.5, 0.6) is 0 Å². The van der Waals surface area contributed by atoms with E-state index >= 15 is 0 Å². The van der Waals surface area contributed by atoms with Gasteiger partial charge in [0.15, 0.2) is 0 Å². The van der Waals surface area contributed by atoms with Gasteiger partial charge in [0.1, 0.15) is 11.9 Å². The fraction of sp³-hybridized carbons (Fsp3) is 0.500. The van der Waals surface area contributed by atoms with Crippen molar-refractivity contribution in [3.05, 3.63) is 51.9 Å². The zero-order valence-corrected chi connectivity index (χ0v) is 20.7. The van der Waals surface area contributed by atoms with E-state index < -0.39 is 18.1 Å². The third-order valence-electron chi connectivity index (χ3n) is 6.24. The number of carbonyl (C=O) groups is 1. The van der Waals surface area contributed by atoms with Crippen molar-refractivity contribution in [2.45, 2.75) is 65.5 Å². The van der Waals surface area contributed by atoms with Gasteiger partial charge >= 0.3 is 5.97 Å². The molecule has 3 N–H and O–H groups in total. The summed E-state index contributed by atoms with van der Waals surface area (Å²) in [7, 11) is 0. The third kappa shape index (κ3) is 5.80. The first-order valence-corrected chi connectivity index (χ1v) is 12.1. The summed E-state index contributed by atoms with van der Waals surface area (Å²) in [6.45, 7) is 9.54. The largest absolute Gasteiger partial charge is 0.462 e. The first-order valence-electron chi connectivity index (χ1n) is 12.1. The van der Waals surface area contributed by atoms with Crippen molar-refractivity contribution in [1.82, 2.24) is 19.9 Å². The zero-order chi connectivity index (χ0) is 25.1. The number of carbonyl (C=O) groups excluding carboxylic acids is 1. The van der Waals surface area contributed by atoms with Gasteiger partial charge in [-0.25, -0.2) is 4.98 Å². The normalized spacial score (nSPS) is 17.7. The number of rotatable bonds is 9. The Morgan fingerprint density at radius 1 is 1.34 bits per heavy atom. The van der Waals surface area contributed by atoms with Crippen LogP contribution >= 0.6 is 0 Å². The van der Waals surface area contributed by atoms with E-state index in [2.05, 4.69) is 14.9 Å². The average molecular weight is 483 g/mol. The van der Waals surface area contributed by atoms with Gasteiger partial charge in [-0.3, -0.25) is 14.9 Å². The molecule has 188 valence electrons. The van der Waals surface area contributed by atoms with Gasteiger partial charge in [0.2, 0.25) is 0 Å². The quantitative estimate of drug-likeness (QED) is 0.401. The lowest BCUT2D eigenvalue weighted by Gasteiger charge is -2.21. The van der Waals surface area contributed by atoms with Gasteiger partial charge in [0.05, 0.1) is 29.8 Å². The molecule has 1 saturated heterocycles. The van der Waals surface area contributed by atoms with Gasteiger partial charge < -0.3 is 24.1 Å². The van der Waals surface area contributed by atoms with Crippen LogP contribution in [0.4, 0.5) is 0 Å². The zero-order valence-electron chi connectivity index (χ0n) is 20.7. The maximum atomic E-state index is 12.4. The summed E-state index contributed by atoms with van der Waals surface area (Å²) in [5.74, 6) is 0.712. The summed E-state index contributed by atoms with van der Waals surface area (Å²) in [4.78, 5) is 32.0. The summed E-state index contributed by atoms with van der Waals surface area (Å²) in [6, 6.07) is 7.04. The molecule has 3 aromatic rings. The second kappa shape index (κ2) is 10.7. The Morgan fingerprint density at radius 2 is 2.14 bits per heavy atom. The minimum absolute atomic E-state index is 0.113. The van der Waals surface area contributed by atoms with Crippen molar-refractivity contribution in [1.29, 1.82) is 0 Å². The molecule has 1 aliphatic rings. The maximum Gasteiger partial charge on any atom is 0.326 e. The number of fused-ring (bicyclic) bond motifs is 1. The van der Waals surface area contributed by atoms with Crippen molar-refractivity contribution in [3.63, 3.8) is 0 Å². The van der Waals surface area contributed by atoms with Crippen LogP contribution in [0.1, 0.15) is 38.3 Å². The number of ether oxygens (including phenoxy) is 2. The molecule has 4 rings (SSSR count). The Hall–Kier alpha value is -3.01. The molecule has 0 aliphatic carbocycles. The minimum atomic E-state index is -0.895. The summed E-state index contributed by atoms with van der Waals surface area (Å²) in [5.41, 5.74) is 4.11. The number of aryl methyl sites for hydroxylation is 1. The molecule has 0 bridgehead atoms. The summed E-state index contributed by atoms with van der Waals surface area (Å²) in [6.07, 6.45) is 1.55. The van der Waals surface area contributed by atoms with E-state index in [-0.39, 0.29) is 11.7 Å². The van der Waals surface area contributed by atoms with E-state index in [9.17, 15) is 14.7 Å². The molecular formula is C26H34N4O5. The molecule has 1 aromatic carbocycles. The molecule has 3 unspecified atom stereocenters. The molecule has 0 spiro atoms. The van der Waals surface area contributed by atoms with E-state index in [1.54, 1.807) is 33.9 Å². The first-order chi connectivity index (χ1) is 16.7. The Labute approximate surface area is 204 Å². The number of benzene rings is 1. The fourth-order valence-corrected chi connectivity index (χ4v) is 4.39. The highest BCUT2D eigenvalue weighted by Crippen LogP contribution is 2.28. The standard InChI is InChI=1S/C26H34N4O5/c1-15(2)35-26(33)23(17(4)31)27-11-18-5-6-22-21(10-18)29-24(20-9-16(3)25(32)28-12-20)30(22)13-19-7-8-34-14-19/h5-6,9-10,12,15,17,19,23,27,31H,7-8,11,13-14H2,1-4H3,(H,28,32). The number of aliphatic hydroxyl groups excluding tert-OH is 1. The molecule has 1 fully saturated rings. The molecule has 9 nitrogen and oxygen atoms in total. The number of H-pyrrole nitrogens is 1. The van der Waals surface area contributed by atoms with E-state index in [4.69, 9.17) is 14.5 Å². The number of nitrogens with one attached hydrogen (secondary N) is 2. The average Bonchev–Trinajstić information content (AvgIpc) is 3.43. The monoisotopic (exact) mass is 482 g/mol. The van der Waals surface area contributed by atoms with Crippen LogP contribution in [0.3, 0.4) is 0 Å². The first kappa shape index (κ1) is 25.1. The Balaban J connectivity index is 1.64. The van der Waals surface area contributed by atoms with Crippen molar-refractivity contribution >= 4 is 17.0 Å².